The Morgan fingerprint density at radius 2 is 2.21 bits per heavy atom. The van der Waals surface area contributed by atoms with Crippen LogP contribution in [0.5, 0.6) is 0 Å². The van der Waals surface area contributed by atoms with Crippen LogP contribution in [-0.2, 0) is 10.0 Å². The van der Waals surface area contributed by atoms with Crippen molar-refractivity contribution in [3.8, 4) is 0 Å². The largest absolute Gasteiger partial charge is 0.363 e. The van der Waals surface area contributed by atoms with Crippen molar-refractivity contribution in [1.82, 2.24) is 14.9 Å². The number of amides is 1. The fraction of sp³-hybridized carbons (Fsp3) is 0.400. The highest BCUT2D eigenvalue weighted by molar-refractivity contribution is 7.91. The number of carbonyl (C=O) groups excluding carboxylic acids is 1. The smallest absolute Gasteiger partial charge is 0.279 e. The van der Waals surface area contributed by atoms with Crippen molar-refractivity contribution < 1.29 is 13.2 Å². The van der Waals surface area contributed by atoms with Crippen LogP contribution >= 0.6 is 11.3 Å². The minimum Gasteiger partial charge on any atom is -0.363 e. The minimum atomic E-state index is -3.64. The fourth-order valence-corrected chi connectivity index (χ4v) is 2.60. The molecule has 0 saturated carbocycles. The predicted molar refractivity (Wildman–Crippen MR) is 49.3 cm³/mol. The maximum absolute atomic E-state index is 11.3. The van der Waals surface area contributed by atoms with E-state index < -0.39 is 15.9 Å². The summed E-state index contributed by atoms with van der Waals surface area (Å²) in [5, 5.41) is 6.56. The van der Waals surface area contributed by atoms with Crippen molar-refractivity contribution in [2.75, 3.05) is 6.54 Å². The standard InChI is InChI=1S/C5H8N4O3S2/c1-2-7-14(11,12)5-9-8-4(13-5)3(6)10/h7H,2H2,1H3,(H2,6,10). The molecule has 0 aliphatic heterocycles. The molecule has 14 heavy (non-hydrogen) atoms. The van der Waals surface area contributed by atoms with Gasteiger partial charge < -0.3 is 5.73 Å². The van der Waals surface area contributed by atoms with Crippen molar-refractivity contribution in [3.05, 3.63) is 5.01 Å². The Labute approximate surface area is 84.4 Å². The molecule has 78 valence electrons. The van der Waals surface area contributed by atoms with E-state index in [1.165, 1.54) is 0 Å². The normalized spacial score (nSPS) is 11.5. The summed E-state index contributed by atoms with van der Waals surface area (Å²) < 4.78 is 24.6. The minimum absolute atomic E-state index is 0.124. The van der Waals surface area contributed by atoms with Gasteiger partial charge in [-0.25, -0.2) is 13.1 Å². The molecule has 0 aliphatic carbocycles. The number of nitrogens with one attached hydrogen (secondary N) is 1. The van der Waals surface area contributed by atoms with Crippen molar-refractivity contribution in [2.24, 2.45) is 5.73 Å². The second-order valence-electron chi connectivity index (χ2n) is 2.24. The van der Waals surface area contributed by atoms with Crippen LogP contribution < -0.4 is 10.5 Å². The molecule has 1 aromatic heterocycles. The maximum Gasteiger partial charge on any atom is 0.279 e. The van der Waals surface area contributed by atoms with E-state index >= 15 is 0 Å². The first kappa shape index (κ1) is 11.0. The molecule has 1 rings (SSSR count). The fourth-order valence-electron chi connectivity index (χ4n) is 0.670. The van der Waals surface area contributed by atoms with Crippen LogP contribution in [-0.4, -0.2) is 31.1 Å². The SMILES string of the molecule is CCNS(=O)(=O)c1nnc(C(N)=O)s1. The molecule has 7 nitrogen and oxygen atoms in total. The van der Waals surface area contributed by atoms with E-state index in [1.54, 1.807) is 6.92 Å². The lowest BCUT2D eigenvalue weighted by molar-refractivity contribution is 0.0999. The topological polar surface area (TPSA) is 115 Å². The van der Waals surface area contributed by atoms with E-state index in [0.29, 0.717) is 11.3 Å². The van der Waals surface area contributed by atoms with Gasteiger partial charge >= 0.3 is 0 Å². The van der Waals surface area contributed by atoms with Crippen molar-refractivity contribution in [3.63, 3.8) is 0 Å². The van der Waals surface area contributed by atoms with E-state index in [0.717, 1.165) is 0 Å². The summed E-state index contributed by atoms with van der Waals surface area (Å²) in [4.78, 5) is 10.6. The molecule has 0 fully saturated rings. The number of nitrogens with zero attached hydrogens (tertiary/aromatic N) is 2. The van der Waals surface area contributed by atoms with E-state index in [9.17, 15) is 13.2 Å². The molecule has 0 aliphatic rings. The molecule has 0 radical (unpaired) electrons. The highest BCUT2D eigenvalue weighted by atomic mass is 32.2. The molecule has 0 unspecified atom stereocenters. The molecule has 0 bridgehead atoms. The highest BCUT2D eigenvalue weighted by Gasteiger charge is 2.20. The van der Waals surface area contributed by atoms with Crippen LogP contribution in [0.15, 0.2) is 4.34 Å². The van der Waals surface area contributed by atoms with Gasteiger partial charge in [0.25, 0.3) is 15.9 Å². The lowest BCUT2D eigenvalue weighted by Gasteiger charge is -1.96. The van der Waals surface area contributed by atoms with Gasteiger partial charge in [-0.15, -0.1) is 10.2 Å². The Bertz CT molecular complexity index is 438. The van der Waals surface area contributed by atoms with E-state index in [1.807, 2.05) is 0 Å². The van der Waals surface area contributed by atoms with Gasteiger partial charge in [0, 0.05) is 6.54 Å². The maximum atomic E-state index is 11.3. The van der Waals surface area contributed by atoms with E-state index in [2.05, 4.69) is 14.9 Å². The lowest BCUT2D eigenvalue weighted by atomic mass is 10.7. The number of sulfonamides is 1. The number of rotatable bonds is 4. The summed E-state index contributed by atoms with van der Waals surface area (Å²) in [6.45, 7) is 1.88. The van der Waals surface area contributed by atoms with E-state index in [-0.39, 0.29) is 15.9 Å². The molecule has 0 saturated heterocycles. The molecule has 0 atom stereocenters. The zero-order valence-electron chi connectivity index (χ0n) is 7.22. The summed E-state index contributed by atoms with van der Waals surface area (Å²) >= 11 is 0.641. The number of primary amides is 1. The molecule has 1 amide bonds. The predicted octanol–water partition coefficient (Wildman–Crippen LogP) is -1.06. The van der Waals surface area contributed by atoms with Crippen LogP contribution in [0.3, 0.4) is 0 Å². The first-order valence-corrected chi connectivity index (χ1v) is 5.90. The summed E-state index contributed by atoms with van der Waals surface area (Å²) in [7, 11) is -3.64. The van der Waals surface area contributed by atoms with Crippen LogP contribution in [0.4, 0.5) is 0 Å². The Morgan fingerprint density at radius 3 is 2.64 bits per heavy atom. The monoisotopic (exact) mass is 236 g/mol. The second kappa shape index (κ2) is 3.98. The number of aromatic nitrogens is 2. The average Bonchev–Trinajstić information content (AvgIpc) is 2.51. The van der Waals surface area contributed by atoms with Gasteiger partial charge in [0.2, 0.25) is 9.35 Å². The summed E-state index contributed by atoms with van der Waals surface area (Å²) in [5.41, 5.74) is 4.90. The molecule has 9 heteroatoms. The molecule has 1 aromatic rings. The molecule has 0 spiro atoms. The van der Waals surface area contributed by atoms with Gasteiger partial charge in [0.05, 0.1) is 0 Å². The highest BCUT2D eigenvalue weighted by Crippen LogP contribution is 2.14. The molecular weight excluding hydrogens is 228 g/mol. The quantitative estimate of drug-likeness (QED) is 0.691. The summed E-state index contributed by atoms with van der Waals surface area (Å²) in [6, 6.07) is 0. The van der Waals surface area contributed by atoms with Gasteiger partial charge in [0.15, 0.2) is 0 Å². The third-order valence-corrected chi connectivity index (χ3v) is 4.03. The summed E-state index contributed by atoms with van der Waals surface area (Å²) in [6.07, 6.45) is 0. The van der Waals surface area contributed by atoms with Crippen LogP contribution in [0.1, 0.15) is 16.7 Å². The van der Waals surface area contributed by atoms with Gasteiger partial charge in [-0.1, -0.05) is 18.3 Å². The number of carbonyl (C=O) groups is 1. The Kier molecular flexibility index (Phi) is 3.13. The Morgan fingerprint density at radius 1 is 1.57 bits per heavy atom. The van der Waals surface area contributed by atoms with Crippen molar-refractivity contribution >= 4 is 27.3 Å². The van der Waals surface area contributed by atoms with Crippen LogP contribution in [0.25, 0.3) is 0 Å². The van der Waals surface area contributed by atoms with Crippen molar-refractivity contribution in [1.29, 1.82) is 0 Å². The summed E-state index contributed by atoms with van der Waals surface area (Å²) in [5.74, 6) is -0.791. The van der Waals surface area contributed by atoms with Gasteiger partial charge in [-0.3, -0.25) is 4.79 Å². The third kappa shape index (κ3) is 2.25. The molecule has 3 N–H and O–H groups in total. The zero-order valence-corrected chi connectivity index (χ0v) is 8.85. The number of nitrogens with two attached hydrogens (primary N) is 1. The van der Waals surface area contributed by atoms with Gasteiger partial charge in [0.1, 0.15) is 0 Å². The third-order valence-electron chi connectivity index (χ3n) is 1.18. The Balaban J connectivity index is 3.03. The molecular formula is C5H8N4O3S2. The number of hydrogen-bond donors (Lipinski definition) is 2. The zero-order chi connectivity index (χ0) is 10.8. The van der Waals surface area contributed by atoms with Gasteiger partial charge in [-0.2, -0.15) is 0 Å². The first-order valence-electron chi connectivity index (χ1n) is 3.60. The van der Waals surface area contributed by atoms with Crippen LogP contribution in [0, 0.1) is 0 Å². The Hall–Kier alpha value is -1.06. The lowest BCUT2D eigenvalue weighted by Crippen LogP contribution is -2.22. The van der Waals surface area contributed by atoms with Crippen molar-refractivity contribution in [2.45, 2.75) is 11.3 Å². The van der Waals surface area contributed by atoms with Gasteiger partial charge in [-0.05, 0) is 0 Å². The van der Waals surface area contributed by atoms with Crippen LogP contribution in [0.2, 0.25) is 0 Å². The first-order chi connectivity index (χ1) is 6.47. The van der Waals surface area contributed by atoms with E-state index in [4.69, 9.17) is 5.73 Å². The molecule has 1 heterocycles. The number of hydrogen-bond acceptors (Lipinski definition) is 6. The average molecular weight is 236 g/mol. The molecule has 0 aromatic carbocycles. The second-order valence-corrected chi connectivity index (χ2v) is 5.16.